The quantitative estimate of drug-likeness (QED) is 0.923. The van der Waals surface area contributed by atoms with Crippen LogP contribution in [0.1, 0.15) is 42.4 Å². The lowest BCUT2D eigenvalue weighted by Crippen LogP contribution is -2.38. The summed E-state index contributed by atoms with van der Waals surface area (Å²) in [7, 11) is 1.93. The van der Waals surface area contributed by atoms with Crippen molar-refractivity contribution in [1.29, 1.82) is 0 Å². The first-order valence-corrected chi connectivity index (χ1v) is 9.02. The molecule has 3 rings (SSSR count). The topological polar surface area (TPSA) is 49.4 Å². The highest BCUT2D eigenvalue weighted by Gasteiger charge is 2.40. The fraction of sp³-hybridized carbons (Fsp3) is 0.600. The van der Waals surface area contributed by atoms with Crippen molar-refractivity contribution in [2.45, 2.75) is 52.0 Å². The summed E-state index contributed by atoms with van der Waals surface area (Å²) in [6.07, 6.45) is 3.99. The van der Waals surface area contributed by atoms with E-state index in [-0.39, 0.29) is 11.8 Å². The zero-order valence-corrected chi connectivity index (χ0v) is 15.0. The molecule has 2 aliphatic rings. The van der Waals surface area contributed by atoms with Gasteiger partial charge in [0.05, 0.1) is 0 Å². The number of piperidine rings is 1. The van der Waals surface area contributed by atoms with Gasteiger partial charge in [-0.3, -0.25) is 9.59 Å². The van der Waals surface area contributed by atoms with Crippen LogP contribution in [0.4, 0.5) is 0 Å². The number of fused-ring (bicyclic) bond motifs is 1. The molecule has 4 nitrogen and oxygen atoms in total. The number of aryl methyl sites for hydroxylation is 3. The van der Waals surface area contributed by atoms with Crippen LogP contribution in [0.2, 0.25) is 0 Å². The van der Waals surface area contributed by atoms with Gasteiger partial charge in [0.1, 0.15) is 0 Å². The van der Waals surface area contributed by atoms with Crippen molar-refractivity contribution in [1.82, 2.24) is 10.2 Å². The second kappa shape index (κ2) is 6.96. The minimum Gasteiger partial charge on any atom is -0.356 e. The Labute approximate surface area is 144 Å². The van der Waals surface area contributed by atoms with E-state index in [0.29, 0.717) is 30.7 Å². The number of carbonyl (C=O) groups is 2. The van der Waals surface area contributed by atoms with E-state index in [1.807, 2.05) is 11.9 Å². The maximum Gasteiger partial charge on any atom is 0.222 e. The molecule has 2 amide bonds. The molecule has 4 heteroatoms. The Morgan fingerprint density at radius 1 is 1.25 bits per heavy atom. The molecule has 1 N–H and O–H groups in total. The summed E-state index contributed by atoms with van der Waals surface area (Å²) < 4.78 is 0. The van der Waals surface area contributed by atoms with Crippen molar-refractivity contribution < 1.29 is 9.59 Å². The van der Waals surface area contributed by atoms with Gasteiger partial charge in [0.25, 0.3) is 0 Å². The lowest BCUT2D eigenvalue weighted by atomic mass is 9.89. The van der Waals surface area contributed by atoms with E-state index < -0.39 is 0 Å². The second-order valence-electron chi connectivity index (χ2n) is 7.59. The van der Waals surface area contributed by atoms with Crippen LogP contribution in [-0.2, 0) is 16.0 Å². The summed E-state index contributed by atoms with van der Waals surface area (Å²) in [6, 6.07) is 6.72. The number of hydrogen-bond donors (Lipinski definition) is 1. The molecule has 130 valence electrons. The SMILES string of the molecule is Cc1ccc(CCC(=O)N(C)[C@H]2C[C@H]3CNC(=O)C[C@H]3C2)c(C)c1. The highest BCUT2D eigenvalue weighted by molar-refractivity contribution is 5.78. The first-order valence-electron chi connectivity index (χ1n) is 9.02. The van der Waals surface area contributed by atoms with Gasteiger partial charge < -0.3 is 10.2 Å². The third-order valence-corrected chi connectivity index (χ3v) is 5.87. The van der Waals surface area contributed by atoms with E-state index in [9.17, 15) is 9.59 Å². The fourth-order valence-corrected chi connectivity index (χ4v) is 4.30. The number of hydrogen-bond acceptors (Lipinski definition) is 2. The minimum absolute atomic E-state index is 0.167. The number of nitrogens with one attached hydrogen (secondary N) is 1. The maximum atomic E-state index is 12.6. The van der Waals surface area contributed by atoms with Crippen molar-refractivity contribution in [2.24, 2.45) is 11.8 Å². The van der Waals surface area contributed by atoms with Crippen LogP contribution in [0.3, 0.4) is 0 Å². The molecule has 0 unspecified atom stereocenters. The molecular formula is C20H28N2O2. The van der Waals surface area contributed by atoms with Crippen molar-refractivity contribution in [3.05, 3.63) is 34.9 Å². The molecule has 0 radical (unpaired) electrons. The largest absolute Gasteiger partial charge is 0.356 e. The smallest absolute Gasteiger partial charge is 0.222 e. The number of amides is 2. The molecule has 1 aromatic rings. The number of benzene rings is 1. The summed E-state index contributed by atoms with van der Waals surface area (Å²) in [5.74, 6) is 1.39. The first kappa shape index (κ1) is 17.0. The predicted octanol–water partition coefficient (Wildman–Crippen LogP) is 2.61. The van der Waals surface area contributed by atoms with Crippen LogP contribution in [0, 0.1) is 25.7 Å². The van der Waals surface area contributed by atoms with Gasteiger partial charge in [-0.1, -0.05) is 23.8 Å². The van der Waals surface area contributed by atoms with Crippen LogP contribution < -0.4 is 5.32 Å². The Morgan fingerprint density at radius 3 is 2.75 bits per heavy atom. The van der Waals surface area contributed by atoms with E-state index >= 15 is 0 Å². The Kier molecular flexibility index (Phi) is 4.93. The molecule has 0 spiro atoms. The zero-order valence-electron chi connectivity index (χ0n) is 15.0. The van der Waals surface area contributed by atoms with Crippen molar-refractivity contribution in [3.8, 4) is 0 Å². The molecule has 24 heavy (non-hydrogen) atoms. The Balaban J connectivity index is 1.54. The van der Waals surface area contributed by atoms with Crippen LogP contribution in [-0.4, -0.2) is 36.3 Å². The number of carbonyl (C=O) groups excluding carboxylic acids is 2. The summed E-state index contributed by atoms with van der Waals surface area (Å²) >= 11 is 0. The normalized spacial score (nSPS) is 26.0. The minimum atomic E-state index is 0.167. The van der Waals surface area contributed by atoms with Crippen LogP contribution in [0.25, 0.3) is 0 Å². The lowest BCUT2D eigenvalue weighted by molar-refractivity contribution is -0.131. The predicted molar refractivity (Wildman–Crippen MR) is 94.6 cm³/mol. The molecule has 1 saturated carbocycles. The van der Waals surface area contributed by atoms with E-state index in [1.165, 1.54) is 16.7 Å². The molecule has 1 heterocycles. The summed E-state index contributed by atoms with van der Waals surface area (Å²) in [6.45, 7) is 4.99. The van der Waals surface area contributed by atoms with E-state index in [4.69, 9.17) is 0 Å². The average molecular weight is 328 g/mol. The average Bonchev–Trinajstić information content (AvgIpc) is 2.96. The molecule has 1 aliphatic heterocycles. The van der Waals surface area contributed by atoms with Gasteiger partial charge >= 0.3 is 0 Å². The second-order valence-corrected chi connectivity index (χ2v) is 7.59. The molecule has 0 aromatic heterocycles. The van der Waals surface area contributed by atoms with Gasteiger partial charge in [-0.25, -0.2) is 0 Å². The van der Waals surface area contributed by atoms with Gasteiger partial charge in [0, 0.05) is 32.5 Å². The highest BCUT2D eigenvalue weighted by atomic mass is 16.2. The van der Waals surface area contributed by atoms with Crippen molar-refractivity contribution >= 4 is 11.8 Å². The standard InChI is InChI=1S/C20H28N2O2/c1-13-4-5-15(14(2)8-13)6-7-20(24)22(3)18-9-16-11-19(23)21-12-17(16)10-18/h4-5,8,16-18H,6-7,9-12H2,1-3H3,(H,21,23)/t16-,17+,18-/m1/s1. The van der Waals surface area contributed by atoms with Crippen molar-refractivity contribution in [2.75, 3.05) is 13.6 Å². The molecule has 3 atom stereocenters. The third kappa shape index (κ3) is 3.63. The molecule has 1 aliphatic carbocycles. The van der Waals surface area contributed by atoms with Crippen LogP contribution >= 0.6 is 0 Å². The molecule has 0 bridgehead atoms. The van der Waals surface area contributed by atoms with Crippen LogP contribution in [0.15, 0.2) is 18.2 Å². The number of rotatable bonds is 4. The Bertz CT molecular complexity index is 641. The molecule has 2 fully saturated rings. The summed E-state index contributed by atoms with van der Waals surface area (Å²) in [5, 5.41) is 2.96. The van der Waals surface area contributed by atoms with Gasteiger partial charge in [-0.2, -0.15) is 0 Å². The van der Waals surface area contributed by atoms with Gasteiger partial charge in [0.2, 0.25) is 11.8 Å². The van der Waals surface area contributed by atoms with Gasteiger partial charge in [-0.15, -0.1) is 0 Å². The maximum absolute atomic E-state index is 12.6. The number of nitrogens with zero attached hydrogens (tertiary/aromatic N) is 1. The van der Waals surface area contributed by atoms with Gasteiger partial charge in [0.15, 0.2) is 0 Å². The zero-order chi connectivity index (χ0) is 17.3. The van der Waals surface area contributed by atoms with E-state index in [1.54, 1.807) is 0 Å². The molecule has 1 saturated heterocycles. The molecular weight excluding hydrogens is 300 g/mol. The van der Waals surface area contributed by atoms with Crippen molar-refractivity contribution in [3.63, 3.8) is 0 Å². The van der Waals surface area contributed by atoms with Gasteiger partial charge in [-0.05, 0) is 56.1 Å². The highest BCUT2D eigenvalue weighted by Crippen LogP contribution is 2.38. The monoisotopic (exact) mass is 328 g/mol. The Morgan fingerprint density at radius 2 is 2.00 bits per heavy atom. The van der Waals surface area contributed by atoms with E-state index in [2.05, 4.69) is 37.4 Å². The van der Waals surface area contributed by atoms with Crippen LogP contribution in [0.5, 0.6) is 0 Å². The van der Waals surface area contributed by atoms with E-state index in [0.717, 1.165) is 25.8 Å². The first-order chi connectivity index (χ1) is 11.4. The summed E-state index contributed by atoms with van der Waals surface area (Å²) in [4.78, 5) is 26.1. The fourth-order valence-electron chi connectivity index (χ4n) is 4.30. The summed E-state index contributed by atoms with van der Waals surface area (Å²) in [5.41, 5.74) is 3.79. The third-order valence-electron chi connectivity index (χ3n) is 5.87. The molecule has 1 aromatic carbocycles. The lowest BCUT2D eigenvalue weighted by Gasteiger charge is -2.25. The Hall–Kier alpha value is -1.84.